The van der Waals surface area contributed by atoms with Crippen molar-refractivity contribution in [2.75, 3.05) is 20.1 Å². The van der Waals surface area contributed by atoms with Crippen LogP contribution in [-0.4, -0.2) is 41.7 Å². The molecule has 3 N–H and O–H groups in total. The first kappa shape index (κ1) is 16.4. The lowest BCUT2D eigenvalue weighted by atomic mass is 9.84. The van der Waals surface area contributed by atoms with Crippen molar-refractivity contribution in [3.05, 3.63) is 0 Å². The molecule has 0 heterocycles. The molecule has 1 amide bonds. The molecule has 1 atom stereocenters. The number of nitrogens with two attached hydrogens (primary N) is 1. The minimum absolute atomic E-state index is 0.0674. The van der Waals surface area contributed by atoms with E-state index >= 15 is 0 Å². The molecule has 0 radical (unpaired) electrons. The number of nitrogens with zero attached hydrogens (tertiary/aromatic N) is 1. The van der Waals surface area contributed by atoms with E-state index in [1.165, 1.54) is 0 Å². The Bertz CT molecular complexity index is 304. The molecule has 0 saturated heterocycles. The van der Waals surface area contributed by atoms with Gasteiger partial charge in [-0.3, -0.25) is 4.79 Å². The summed E-state index contributed by atoms with van der Waals surface area (Å²) in [5.41, 5.74) is 5.16. The zero-order valence-corrected chi connectivity index (χ0v) is 12.9. The summed E-state index contributed by atoms with van der Waals surface area (Å²) >= 11 is 0. The van der Waals surface area contributed by atoms with E-state index in [0.717, 1.165) is 32.1 Å². The lowest BCUT2D eigenvalue weighted by Gasteiger charge is -2.32. The third kappa shape index (κ3) is 5.11. The highest BCUT2D eigenvalue weighted by Gasteiger charge is 2.35. The summed E-state index contributed by atoms with van der Waals surface area (Å²) in [5, 5.41) is 10.4. The average Bonchev–Trinajstić information content (AvgIpc) is 2.70. The van der Waals surface area contributed by atoms with Crippen molar-refractivity contribution >= 4 is 5.91 Å². The molecule has 1 saturated carbocycles. The normalized spacial score (nSPS) is 20.3. The Morgan fingerprint density at radius 3 is 2.32 bits per heavy atom. The van der Waals surface area contributed by atoms with E-state index in [-0.39, 0.29) is 17.2 Å². The van der Waals surface area contributed by atoms with Gasteiger partial charge in [0.25, 0.3) is 0 Å². The number of rotatable bonds is 5. The van der Waals surface area contributed by atoms with Crippen molar-refractivity contribution in [2.24, 2.45) is 17.1 Å². The molecule has 0 aromatic rings. The highest BCUT2D eigenvalue weighted by molar-refractivity contribution is 5.79. The summed E-state index contributed by atoms with van der Waals surface area (Å²) < 4.78 is 0. The van der Waals surface area contributed by atoms with Crippen molar-refractivity contribution in [3.8, 4) is 0 Å². The number of aliphatic hydroxyl groups is 1. The fourth-order valence-electron chi connectivity index (χ4n) is 3.03. The molecule has 4 nitrogen and oxygen atoms in total. The fraction of sp³-hybridized carbons (Fsp3) is 0.933. The first-order valence-corrected chi connectivity index (χ1v) is 7.34. The van der Waals surface area contributed by atoms with Crippen LogP contribution in [0.1, 0.15) is 52.9 Å². The first-order valence-electron chi connectivity index (χ1n) is 7.34. The van der Waals surface area contributed by atoms with Gasteiger partial charge in [-0.2, -0.15) is 0 Å². The number of amides is 1. The molecule has 1 unspecified atom stereocenters. The van der Waals surface area contributed by atoms with E-state index in [1.807, 2.05) is 0 Å². The van der Waals surface area contributed by atoms with E-state index in [0.29, 0.717) is 13.1 Å². The van der Waals surface area contributed by atoms with E-state index in [2.05, 4.69) is 20.8 Å². The highest BCUT2D eigenvalue weighted by Crippen LogP contribution is 2.31. The largest absolute Gasteiger partial charge is 0.388 e. The summed E-state index contributed by atoms with van der Waals surface area (Å²) in [5.74, 6) is -0.0762. The summed E-state index contributed by atoms with van der Waals surface area (Å²) in [4.78, 5) is 14.1. The van der Waals surface area contributed by atoms with Crippen molar-refractivity contribution in [1.82, 2.24) is 4.90 Å². The summed E-state index contributed by atoms with van der Waals surface area (Å²) in [6.45, 7) is 7.17. The maximum Gasteiger partial charge on any atom is 0.226 e. The molecule has 112 valence electrons. The van der Waals surface area contributed by atoms with Gasteiger partial charge < -0.3 is 15.7 Å². The quantitative estimate of drug-likeness (QED) is 0.800. The number of likely N-dealkylation sites (N-methyl/N-ethyl adjacent to an activating group) is 1. The van der Waals surface area contributed by atoms with Crippen LogP contribution in [0.3, 0.4) is 0 Å². The van der Waals surface area contributed by atoms with Gasteiger partial charge in [0, 0.05) is 20.1 Å². The van der Waals surface area contributed by atoms with Gasteiger partial charge in [-0.05, 0) is 24.7 Å². The van der Waals surface area contributed by atoms with Gasteiger partial charge in [-0.1, -0.05) is 33.6 Å². The maximum absolute atomic E-state index is 12.4. The Hall–Kier alpha value is -0.610. The van der Waals surface area contributed by atoms with E-state index in [4.69, 9.17) is 5.73 Å². The summed E-state index contributed by atoms with van der Waals surface area (Å²) in [6, 6.07) is 0. The second kappa shape index (κ2) is 6.23. The van der Waals surface area contributed by atoms with Crippen LogP contribution in [0.4, 0.5) is 0 Å². The zero-order valence-electron chi connectivity index (χ0n) is 12.9. The molecule has 1 aliphatic carbocycles. The van der Waals surface area contributed by atoms with Crippen LogP contribution >= 0.6 is 0 Å². The van der Waals surface area contributed by atoms with Gasteiger partial charge in [-0.25, -0.2) is 0 Å². The van der Waals surface area contributed by atoms with Crippen LogP contribution in [0.15, 0.2) is 0 Å². The second-order valence-corrected chi connectivity index (χ2v) is 7.32. The Balaban J connectivity index is 2.59. The summed E-state index contributed by atoms with van der Waals surface area (Å²) in [6.07, 6.45) is 4.50. The van der Waals surface area contributed by atoms with Crippen molar-refractivity contribution in [2.45, 2.75) is 58.5 Å². The third-order valence-electron chi connectivity index (χ3n) is 3.93. The molecular weight excluding hydrogens is 240 g/mol. The van der Waals surface area contributed by atoms with Gasteiger partial charge in [-0.15, -0.1) is 0 Å². The minimum atomic E-state index is -0.675. The standard InChI is InChI=1S/C15H30N2O2/c1-14(2,3)9-12(10-16)13(18)17(4)11-15(19)7-5-6-8-15/h12,19H,5-11,16H2,1-4H3. The number of carbonyl (C=O) groups excluding carboxylic acids is 1. The van der Waals surface area contributed by atoms with Crippen molar-refractivity contribution in [1.29, 1.82) is 0 Å². The van der Waals surface area contributed by atoms with E-state index < -0.39 is 5.60 Å². The Labute approximate surface area is 117 Å². The monoisotopic (exact) mass is 270 g/mol. The van der Waals surface area contributed by atoms with Gasteiger partial charge in [0.1, 0.15) is 0 Å². The maximum atomic E-state index is 12.4. The molecule has 1 fully saturated rings. The smallest absolute Gasteiger partial charge is 0.226 e. The van der Waals surface area contributed by atoms with Crippen LogP contribution in [0.25, 0.3) is 0 Å². The Morgan fingerprint density at radius 1 is 1.37 bits per heavy atom. The van der Waals surface area contributed by atoms with Crippen molar-refractivity contribution < 1.29 is 9.90 Å². The van der Waals surface area contributed by atoms with Crippen LogP contribution in [-0.2, 0) is 4.79 Å². The molecule has 0 bridgehead atoms. The van der Waals surface area contributed by atoms with Crippen LogP contribution in [0.2, 0.25) is 0 Å². The highest BCUT2D eigenvalue weighted by atomic mass is 16.3. The van der Waals surface area contributed by atoms with E-state index in [9.17, 15) is 9.90 Å². The van der Waals surface area contributed by atoms with Gasteiger partial charge in [0.05, 0.1) is 11.5 Å². The predicted molar refractivity (Wildman–Crippen MR) is 77.7 cm³/mol. The van der Waals surface area contributed by atoms with Crippen LogP contribution in [0.5, 0.6) is 0 Å². The molecule has 0 aromatic heterocycles. The van der Waals surface area contributed by atoms with Crippen LogP contribution in [0, 0.1) is 11.3 Å². The third-order valence-corrected chi connectivity index (χ3v) is 3.93. The molecule has 19 heavy (non-hydrogen) atoms. The molecule has 4 heteroatoms. The van der Waals surface area contributed by atoms with Crippen molar-refractivity contribution in [3.63, 3.8) is 0 Å². The second-order valence-electron chi connectivity index (χ2n) is 7.32. The first-order chi connectivity index (χ1) is 8.67. The molecule has 0 aromatic carbocycles. The van der Waals surface area contributed by atoms with Gasteiger partial charge in [0.15, 0.2) is 0 Å². The summed E-state index contributed by atoms with van der Waals surface area (Å²) in [7, 11) is 1.78. The zero-order chi connectivity index (χ0) is 14.7. The van der Waals surface area contributed by atoms with Gasteiger partial charge in [0.2, 0.25) is 5.91 Å². The topological polar surface area (TPSA) is 66.6 Å². The molecule has 0 aliphatic heterocycles. The average molecular weight is 270 g/mol. The number of hydrogen-bond acceptors (Lipinski definition) is 3. The molecule has 0 spiro atoms. The van der Waals surface area contributed by atoms with Gasteiger partial charge >= 0.3 is 0 Å². The Kier molecular flexibility index (Phi) is 5.39. The number of hydrogen-bond donors (Lipinski definition) is 2. The predicted octanol–water partition coefficient (Wildman–Crippen LogP) is 1.76. The Morgan fingerprint density at radius 2 is 1.89 bits per heavy atom. The molecule has 1 aliphatic rings. The SMILES string of the molecule is CN(CC1(O)CCCC1)C(=O)C(CN)CC(C)(C)C. The lowest BCUT2D eigenvalue weighted by molar-refractivity contribution is -0.138. The minimum Gasteiger partial charge on any atom is -0.388 e. The van der Waals surface area contributed by atoms with E-state index in [1.54, 1.807) is 11.9 Å². The lowest BCUT2D eigenvalue weighted by Crippen LogP contribution is -2.46. The number of carbonyl (C=O) groups is 1. The van der Waals surface area contributed by atoms with Crippen LogP contribution < -0.4 is 5.73 Å². The molecule has 1 rings (SSSR count). The molecular formula is C15H30N2O2. The fourth-order valence-corrected chi connectivity index (χ4v) is 3.03.